The van der Waals surface area contributed by atoms with E-state index in [4.69, 9.17) is 5.11 Å². The molecule has 7 heteroatoms. The summed E-state index contributed by atoms with van der Waals surface area (Å²) in [5.41, 5.74) is 4.89. The number of hydrogen-bond donors (Lipinski definition) is 2. The second kappa shape index (κ2) is 7.54. The number of aromatic amines is 1. The molecule has 0 bridgehead atoms. The lowest BCUT2D eigenvalue weighted by atomic mass is 9.89. The van der Waals surface area contributed by atoms with E-state index in [2.05, 4.69) is 4.98 Å². The summed E-state index contributed by atoms with van der Waals surface area (Å²) in [5, 5.41) is 9.07. The van der Waals surface area contributed by atoms with E-state index in [-0.39, 0.29) is 18.3 Å². The maximum absolute atomic E-state index is 13.7. The van der Waals surface area contributed by atoms with Gasteiger partial charge in [0.1, 0.15) is 5.71 Å². The molecule has 0 saturated heterocycles. The van der Waals surface area contributed by atoms with Crippen LogP contribution in [0.25, 0.3) is 5.57 Å². The number of rotatable bonds is 6. The van der Waals surface area contributed by atoms with Crippen molar-refractivity contribution in [1.29, 1.82) is 0 Å². The van der Waals surface area contributed by atoms with Crippen LogP contribution < -0.4 is 0 Å². The molecule has 0 spiro atoms. The molecule has 2 rings (SSSR count). The van der Waals surface area contributed by atoms with Gasteiger partial charge in [-0.1, -0.05) is 13.8 Å². The summed E-state index contributed by atoms with van der Waals surface area (Å²) in [6.07, 6.45) is 1.06. The van der Waals surface area contributed by atoms with E-state index in [1.165, 1.54) is 0 Å². The summed E-state index contributed by atoms with van der Waals surface area (Å²) < 4.78 is 28.5. The summed E-state index contributed by atoms with van der Waals surface area (Å²) in [6.45, 7) is 9.42. The topological polar surface area (TPSA) is 56.1 Å². The van der Waals surface area contributed by atoms with Crippen LogP contribution >= 0.6 is 0 Å². The van der Waals surface area contributed by atoms with Crippen LogP contribution in [0, 0.1) is 25.7 Å². The first-order chi connectivity index (χ1) is 11.6. The number of allylic oxidation sites excluding steroid dienone is 2. The van der Waals surface area contributed by atoms with E-state index < -0.39 is 13.4 Å². The van der Waals surface area contributed by atoms with Crippen LogP contribution in [0.5, 0.6) is 0 Å². The van der Waals surface area contributed by atoms with Crippen molar-refractivity contribution in [2.75, 3.05) is 0 Å². The van der Waals surface area contributed by atoms with E-state index >= 15 is 0 Å². The summed E-state index contributed by atoms with van der Waals surface area (Å²) >= 11 is 0. The minimum Gasteiger partial charge on any atom is -0.481 e. The first-order valence-electron chi connectivity index (χ1n) is 8.63. The summed E-state index contributed by atoms with van der Waals surface area (Å²) in [5.74, 6) is -1.04. The van der Waals surface area contributed by atoms with Gasteiger partial charge in [0, 0.05) is 37.0 Å². The van der Waals surface area contributed by atoms with Crippen LogP contribution in [0.3, 0.4) is 0 Å². The van der Waals surface area contributed by atoms with Crippen molar-refractivity contribution in [3.8, 4) is 0 Å². The van der Waals surface area contributed by atoms with Gasteiger partial charge in [0.05, 0.1) is 5.69 Å². The maximum Gasteiger partial charge on any atom is 0.934 e. The third kappa shape index (κ3) is 4.19. The lowest BCUT2D eigenvalue weighted by Gasteiger charge is -2.16. The molecule has 2 atom stereocenters. The second-order valence-corrected chi connectivity index (χ2v) is 7.27. The number of nitrogens with one attached hydrogen (secondary N) is 1. The van der Waals surface area contributed by atoms with Crippen molar-refractivity contribution in [3.05, 3.63) is 28.7 Å². The highest BCUT2D eigenvalue weighted by Gasteiger charge is 2.47. The Morgan fingerprint density at radius 1 is 1.40 bits per heavy atom. The molecular weight excluding hydrogens is 325 g/mol. The van der Waals surface area contributed by atoms with Crippen LogP contribution in [0.2, 0.25) is 0 Å². The Balaban J connectivity index is 2.61. The van der Waals surface area contributed by atoms with Crippen molar-refractivity contribution in [3.63, 3.8) is 0 Å². The molecule has 0 radical (unpaired) electrons. The highest BCUT2D eigenvalue weighted by Crippen LogP contribution is 2.37. The average Bonchev–Trinajstić information content (AvgIpc) is 2.94. The Bertz CT molecular complexity index is 737. The van der Waals surface area contributed by atoms with Crippen LogP contribution in [0.1, 0.15) is 57.0 Å². The molecule has 2 heterocycles. The number of nitrogens with zero attached hydrogens (tertiary/aromatic N) is 1. The Hall–Kier alpha value is -1.92. The Labute approximate surface area is 147 Å². The van der Waals surface area contributed by atoms with Gasteiger partial charge in [0.2, 0.25) is 0 Å². The lowest BCUT2D eigenvalue weighted by molar-refractivity contribution is -0.351. The number of aryl methyl sites for hydroxylation is 2. The van der Waals surface area contributed by atoms with E-state index in [9.17, 15) is 13.4 Å². The van der Waals surface area contributed by atoms with Gasteiger partial charge in [-0.15, -0.1) is 0 Å². The second-order valence-electron chi connectivity index (χ2n) is 7.27. The normalized spacial score (nSPS) is 20.8. The standard InChI is InChI=1S/C18H25BF2N2O2/c1-10(7-16(24)25)6-15(17-11(2)8-13(4)22-17)18-12(3)9-14(5)23(18)19(20)21/h8,10,12,22H,6-7,9H2,1-5H3/p+1/b18-15-/t10-,12?/m1/s1. The Kier molecular flexibility index (Phi) is 5.85. The van der Waals surface area contributed by atoms with Crippen LogP contribution in [0.15, 0.2) is 11.8 Å². The van der Waals surface area contributed by atoms with Gasteiger partial charge in [-0.3, -0.25) is 4.79 Å². The summed E-state index contributed by atoms with van der Waals surface area (Å²) in [6, 6.07) is 1.99. The fourth-order valence-electron chi connectivity index (χ4n) is 3.89. The van der Waals surface area contributed by atoms with E-state index in [1.807, 2.05) is 33.8 Å². The quantitative estimate of drug-likeness (QED) is 0.752. The van der Waals surface area contributed by atoms with Crippen molar-refractivity contribution in [2.24, 2.45) is 11.8 Å². The predicted octanol–water partition coefficient (Wildman–Crippen LogP) is 4.28. The van der Waals surface area contributed by atoms with Crippen molar-refractivity contribution >= 4 is 24.7 Å². The van der Waals surface area contributed by atoms with Gasteiger partial charge in [-0.05, 0) is 37.8 Å². The first kappa shape index (κ1) is 19.4. The number of H-pyrrole nitrogens is 1. The zero-order chi connectivity index (χ0) is 18.9. The number of carboxylic acid groups (broad SMARTS) is 1. The minimum atomic E-state index is -2.60. The smallest absolute Gasteiger partial charge is 0.481 e. The molecule has 0 fully saturated rings. The van der Waals surface area contributed by atoms with Crippen LogP contribution in [-0.2, 0) is 4.79 Å². The number of aliphatic carboxylic acids is 1. The van der Waals surface area contributed by atoms with Gasteiger partial charge < -0.3 is 10.1 Å². The molecule has 0 aromatic carbocycles. The number of halogens is 2. The number of aromatic nitrogens is 1. The molecule has 1 aliphatic rings. The van der Waals surface area contributed by atoms with Gasteiger partial charge in [0.15, 0.2) is 5.70 Å². The molecule has 4 nitrogen and oxygen atoms in total. The molecule has 2 N–H and O–H groups in total. The van der Waals surface area contributed by atoms with E-state index in [0.29, 0.717) is 24.3 Å². The zero-order valence-electron chi connectivity index (χ0n) is 15.5. The Morgan fingerprint density at radius 2 is 2.04 bits per heavy atom. The third-order valence-corrected chi connectivity index (χ3v) is 4.77. The molecule has 25 heavy (non-hydrogen) atoms. The molecule has 1 aromatic rings. The average molecular weight is 351 g/mol. The lowest BCUT2D eigenvalue weighted by Crippen LogP contribution is -2.25. The Morgan fingerprint density at radius 3 is 2.52 bits per heavy atom. The zero-order valence-corrected chi connectivity index (χ0v) is 15.5. The summed E-state index contributed by atoms with van der Waals surface area (Å²) in [4.78, 5) is 14.3. The fourth-order valence-corrected chi connectivity index (χ4v) is 3.89. The van der Waals surface area contributed by atoms with Crippen LogP contribution in [-0.4, -0.2) is 33.7 Å². The fraction of sp³-hybridized carbons (Fsp3) is 0.556. The minimum absolute atomic E-state index is 0.0152. The third-order valence-electron chi connectivity index (χ3n) is 4.77. The van der Waals surface area contributed by atoms with Crippen molar-refractivity contribution in [2.45, 2.75) is 53.9 Å². The molecular formula is C18H26BF2N2O2+. The molecule has 1 aliphatic heterocycles. The molecule has 0 saturated carbocycles. The molecule has 1 unspecified atom stereocenters. The van der Waals surface area contributed by atoms with Crippen molar-refractivity contribution < 1.29 is 23.0 Å². The maximum atomic E-state index is 13.7. The van der Waals surface area contributed by atoms with Crippen molar-refractivity contribution in [1.82, 2.24) is 4.98 Å². The van der Waals surface area contributed by atoms with Crippen LogP contribution in [0.4, 0.5) is 8.63 Å². The van der Waals surface area contributed by atoms with Gasteiger partial charge >= 0.3 is 13.4 Å². The molecule has 0 amide bonds. The molecule has 0 aliphatic carbocycles. The largest absolute Gasteiger partial charge is 0.934 e. The predicted molar refractivity (Wildman–Crippen MR) is 95.9 cm³/mol. The number of carboxylic acids is 1. The number of hydrogen-bond acceptors (Lipinski definition) is 1. The monoisotopic (exact) mass is 351 g/mol. The highest BCUT2D eigenvalue weighted by molar-refractivity contribution is 6.34. The van der Waals surface area contributed by atoms with E-state index in [1.54, 1.807) is 6.92 Å². The molecule has 1 aromatic heterocycles. The SMILES string of the molecule is CC1=[N+](B(F)F)/C(=C(/C[C@@H](C)CC(=O)O)c2[nH]c(C)cc2C)C(C)C1. The van der Waals surface area contributed by atoms with Gasteiger partial charge in [-0.2, -0.15) is 0 Å². The number of carbonyl (C=O) groups is 1. The van der Waals surface area contributed by atoms with Gasteiger partial charge in [0.25, 0.3) is 0 Å². The highest BCUT2D eigenvalue weighted by atomic mass is 19.2. The molecule has 136 valence electrons. The first-order valence-corrected chi connectivity index (χ1v) is 8.63. The summed E-state index contributed by atoms with van der Waals surface area (Å²) in [7, 11) is -2.60. The van der Waals surface area contributed by atoms with E-state index in [0.717, 1.165) is 27.0 Å². The van der Waals surface area contributed by atoms with Gasteiger partial charge in [-0.25, -0.2) is 13.1 Å².